The summed E-state index contributed by atoms with van der Waals surface area (Å²) in [6, 6.07) is 0.251. The molecule has 0 amide bonds. The van der Waals surface area contributed by atoms with Crippen LogP contribution in [0.2, 0.25) is 0 Å². The fourth-order valence-corrected chi connectivity index (χ4v) is 2.20. The van der Waals surface area contributed by atoms with Gasteiger partial charge in [0.1, 0.15) is 0 Å². The Bertz CT molecular complexity index is 222. The van der Waals surface area contributed by atoms with Crippen LogP contribution in [0.1, 0.15) is 10.9 Å². The van der Waals surface area contributed by atoms with Crippen LogP contribution in [0.4, 0.5) is 0 Å². The lowest BCUT2D eigenvalue weighted by atomic mass is 10.1. The second-order valence-corrected chi connectivity index (χ2v) is 3.73. The predicted octanol–water partition coefficient (Wildman–Crippen LogP) is 0.157. The van der Waals surface area contributed by atoms with Gasteiger partial charge in [-0.3, -0.25) is 0 Å². The molecule has 1 aromatic heterocycles. The quantitative estimate of drug-likeness (QED) is 0.629. The average Bonchev–Trinajstić information content (AvgIpc) is 2.55. The van der Waals surface area contributed by atoms with Crippen molar-refractivity contribution in [3.63, 3.8) is 0 Å². The lowest BCUT2D eigenvalue weighted by Crippen LogP contribution is -2.27. The summed E-state index contributed by atoms with van der Waals surface area (Å²) in [6.07, 6.45) is 1.84. The summed E-state index contributed by atoms with van der Waals surface area (Å²) >= 11 is 1.69. The molecule has 2 atom stereocenters. The molecule has 3 nitrogen and oxygen atoms in total. The van der Waals surface area contributed by atoms with Crippen molar-refractivity contribution in [2.45, 2.75) is 12.0 Å². The van der Waals surface area contributed by atoms with Gasteiger partial charge < -0.3 is 11.1 Å². The van der Waals surface area contributed by atoms with Crippen molar-refractivity contribution >= 4 is 11.3 Å². The highest BCUT2D eigenvalue weighted by Gasteiger charge is 2.26. The van der Waals surface area contributed by atoms with E-state index in [0.29, 0.717) is 5.92 Å². The van der Waals surface area contributed by atoms with Gasteiger partial charge in [0.25, 0.3) is 0 Å². The van der Waals surface area contributed by atoms with Gasteiger partial charge in [-0.05, 0) is 0 Å². The number of nitrogens with one attached hydrogen (secondary N) is 1. The third kappa shape index (κ3) is 1.29. The Morgan fingerprint density at radius 1 is 1.64 bits per heavy atom. The number of nitrogens with two attached hydrogens (primary N) is 1. The number of aromatic nitrogens is 1. The van der Waals surface area contributed by atoms with Gasteiger partial charge in [0.05, 0.1) is 5.01 Å². The Balaban J connectivity index is 2.16. The zero-order valence-corrected chi connectivity index (χ0v) is 6.97. The van der Waals surface area contributed by atoms with Crippen LogP contribution in [-0.4, -0.2) is 24.1 Å². The SMILES string of the molecule is NC1CNCC1c1nccs1. The average molecular weight is 169 g/mol. The Hall–Kier alpha value is -0.450. The molecule has 1 fully saturated rings. The predicted molar refractivity (Wildman–Crippen MR) is 45.7 cm³/mol. The monoisotopic (exact) mass is 169 g/mol. The minimum Gasteiger partial charge on any atom is -0.326 e. The molecule has 3 N–H and O–H groups in total. The summed E-state index contributed by atoms with van der Waals surface area (Å²) in [5.74, 6) is 0.440. The van der Waals surface area contributed by atoms with E-state index in [-0.39, 0.29) is 6.04 Å². The fraction of sp³-hybridized carbons (Fsp3) is 0.571. The van der Waals surface area contributed by atoms with Gasteiger partial charge in [-0.15, -0.1) is 11.3 Å². The number of rotatable bonds is 1. The smallest absolute Gasteiger partial charge is 0.0984 e. The number of hydrogen-bond acceptors (Lipinski definition) is 4. The van der Waals surface area contributed by atoms with Crippen LogP contribution in [0.5, 0.6) is 0 Å². The van der Waals surface area contributed by atoms with E-state index in [1.165, 1.54) is 5.01 Å². The lowest BCUT2D eigenvalue weighted by Gasteiger charge is -2.09. The van der Waals surface area contributed by atoms with Crippen LogP contribution in [0.3, 0.4) is 0 Å². The van der Waals surface area contributed by atoms with Gasteiger partial charge in [-0.2, -0.15) is 0 Å². The molecule has 1 aliphatic heterocycles. The van der Waals surface area contributed by atoms with Gasteiger partial charge in [0.2, 0.25) is 0 Å². The van der Waals surface area contributed by atoms with Gasteiger partial charge in [0.15, 0.2) is 0 Å². The summed E-state index contributed by atoms with van der Waals surface area (Å²) in [5.41, 5.74) is 5.87. The van der Waals surface area contributed by atoms with E-state index in [4.69, 9.17) is 5.73 Å². The number of thiazole rings is 1. The molecule has 0 spiro atoms. The Morgan fingerprint density at radius 3 is 3.09 bits per heavy atom. The van der Waals surface area contributed by atoms with E-state index in [1.807, 2.05) is 11.6 Å². The molecule has 2 rings (SSSR count). The maximum atomic E-state index is 5.87. The van der Waals surface area contributed by atoms with Crippen LogP contribution in [-0.2, 0) is 0 Å². The zero-order valence-electron chi connectivity index (χ0n) is 6.16. The first-order valence-electron chi connectivity index (χ1n) is 3.73. The molecule has 0 aromatic carbocycles. The van der Waals surface area contributed by atoms with Crippen LogP contribution >= 0.6 is 11.3 Å². The maximum Gasteiger partial charge on any atom is 0.0984 e. The summed E-state index contributed by atoms with van der Waals surface area (Å²) in [6.45, 7) is 1.90. The molecule has 60 valence electrons. The summed E-state index contributed by atoms with van der Waals surface area (Å²) in [7, 11) is 0. The van der Waals surface area contributed by atoms with Crippen molar-refractivity contribution in [2.75, 3.05) is 13.1 Å². The highest BCUT2D eigenvalue weighted by Crippen LogP contribution is 2.22. The maximum absolute atomic E-state index is 5.87. The topological polar surface area (TPSA) is 50.9 Å². The molecule has 0 radical (unpaired) electrons. The standard InChI is InChI=1S/C7H11N3S/c8-6-4-9-3-5(6)7-10-1-2-11-7/h1-2,5-6,9H,3-4,8H2. The molecule has 2 heterocycles. The number of nitrogens with zero attached hydrogens (tertiary/aromatic N) is 1. The number of hydrogen-bond donors (Lipinski definition) is 2. The largest absolute Gasteiger partial charge is 0.326 e. The molecule has 0 bridgehead atoms. The highest BCUT2D eigenvalue weighted by molar-refractivity contribution is 7.09. The molecule has 1 saturated heterocycles. The van der Waals surface area contributed by atoms with Gasteiger partial charge in [-0.25, -0.2) is 4.98 Å². The molecule has 0 saturated carbocycles. The van der Waals surface area contributed by atoms with Crippen molar-refractivity contribution in [3.05, 3.63) is 16.6 Å². The Kier molecular flexibility index (Phi) is 1.89. The first-order chi connectivity index (χ1) is 5.38. The Labute approximate surface area is 69.6 Å². The van der Waals surface area contributed by atoms with Crippen LogP contribution in [0.15, 0.2) is 11.6 Å². The van der Waals surface area contributed by atoms with Gasteiger partial charge in [-0.1, -0.05) is 0 Å². The molecular formula is C7H11N3S. The van der Waals surface area contributed by atoms with E-state index in [1.54, 1.807) is 11.3 Å². The van der Waals surface area contributed by atoms with Crippen molar-refractivity contribution in [2.24, 2.45) is 5.73 Å². The minimum atomic E-state index is 0.251. The van der Waals surface area contributed by atoms with E-state index in [2.05, 4.69) is 10.3 Å². The van der Waals surface area contributed by atoms with Gasteiger partial charge >= 0.3 is 0 Å². The molecule has 1 aliphatic rings. The third-order valence-corrected chi connectivity index (χ3v) is 2.94. The second-order valence-electron chi connectivity index (χ2n) is 2.80. The van der Waals surface area contributed by atoms with Crippen LogP contribution in [0, 0.1) is 0 Å². The van der Waals surface area contributed by atoms with Crippen molar-refractivity contribution < 1.29 is 0 Å². The molecule has 1 aromatic rings. The lowest BCUT2D eigenvalue weighted by molar-refractivity contribution is 0.649. The summed E-state index contributed by atoms with van der Waals surface area (Å²) in [4.78, 5) is 4.25. The van der Waals surface area contributed by atoms with Crippen LogP contribution < -0.4 is 11.1 Å². The highest BCUT2D eigenvalue weighted by atomic mass is 32.1. The minimum absolute atomic E-state index is 0.251. The van der Waals surface area contributed by atoms with E-state index < -0.39 is 0 Å². The summed E-state index contributed by atoms with van der Waals surface area (Å²) in [5, 5.41) is 6.42. The Morgan fingerprint density at radius 2 is 2.55 bits per heavy atom. The van der Waals surface area contributed by atoms with E-state index in [9.17, 15) is 0 Å². The third-order valence-electron chi connectivity index (χ3n) is 2.03. The molecule has 2 unspecified atom stereocenters. The molecule has 4 heteroatoms. The van der Waals surface area contributed by atoms with E-state index in [0.717, 1.165) is 13.1 Å². The molecular weight excluding hydrogens is 158 g/mol. The zero-order chi connectivity index (χ0) is 7.68. The first-order valence-corrected chi connectivity index (χ1v) is 4.61. The summed E-state index contributed by atoms with van der Waals surface area (Å²) < 4.78 is 0. The van der Waals surface area contributed by atoms with Crippen molar-refractivity contribution in [3.8, 4) is 0 Å². The molecule has 11 heavy (non-hydrogen) atoms. The van der Waals surface area contributed by atoms with Gasteiger partial charge in [0, 0.05) is 36.6 Å². The van der Waals surface area contributed by atoms with Crippen molar-refractivity contribution in [1.29, 1.82) is 0 Å². The first kappa shape index (κ1) is 7.21. The normalized spacial score (nSPS) is 31.0. The second kappa shape index (κ2) is 2.89. The molecule has 0 aliphatic carbocycles. The fourth-order valence-electron chi connectivity index (χ4n) is 1.39. The van der Waals surface area contributed by atoms with Crippen molar-refractivity contribution in [1.82, 2.24) is 10.3 Å². The van der Waals surface area contributed by atoms with E-state index >= 15 is 0 Å². The van der Waals surface area contributed by atoms with Crippen LogP contribution in [0.25, 0.3) is 0 Å².